The van der Waals surface area contributed by atoms with Gasteiger partial charge in [0.05, 0.1) is 0 Å². The topological polar surface area (TPSA) is 34.5 Å². The van der Waals surface area contributed by atoms with Crippen molar-refractivity contribution in [2.75, 3.05) is 18.1 Å². The Morgan fingerprint density at radius 2 is 1.76 bits per heavy atom. The van der Waals surface area contributed by atoms with Crippen LogP contribution in [0.15, 0.2) is 60.7 Å². The number of carbonyl (C=O) groups is 1. The van der Waals surface area contributed by atoms with Crippen LogP contribution in [-0.2, 0) is 4.79 Å². The molecular formula is C28H33FN2O2. The summed E-state index contributed by atoms with van der Waals surface area (Å²) in [6.07, 6.45) is 14.6. The quantitative estimate of drug-likeness (QED) is 0.287. The molecule has 4 rings (SSSR count). The first kappa shape index (κ1) is 23.1. The molecule has 1 aliphatic heterocycles. The summed E-state index contributed by atoms with van der Waals surface area (Å²) in [6, 6.07) is 9.01. The van der Waals surface area contributed by atoms with Gasteiger partial charge in [-0.2, -0.15) is 4.39 Å². The number of allylic oxidation sites excluding steroid dienone is 3. The van der Waals surface area contributed by atoms with Crippen LogP contribution >= 0.6 is 0 Å². The zero-order valence-electron chi connectivity index (χ0n) is 19.7. The lowest BCUT2D eigenvalue weighted by molar-refractivity contribution is -0.104. The summed E-state index contributed by atoms with van der Waals surface area (Å²) in [6.45, 7) is 8.53. The summed E-state index contributed by atoms with van der Waals surface area (Å²) in [5.41, 5.74) is 4.49. The molecule has 0 N–H and O–H groups in total. The van der Waals surface area contributed by atoms with Crippen LogP contribution in [0.1, 0.15) is 67.5 Å². The predicted octanol–water partition coefficient (Wildman–Crippen LogP) is 6.21. The highest BCUT2D eigenvalue weighted by molar-refractivity contribution is 5.76. The Kier molecular flexibility index (Phi) is 6.87. The molecule has 2 heterocycles. The van der Waals surface area contributed by atoms with Crippen molar-refractivity contribution in [2.24, 2.45) is 0 Å². The third-order valence-corrected chi connectivity index (χ3v) is 6.42. The van der Waals surface area contributed by atoms with E-state index < -0.39 is 5.85 Å². The average molecular weight is 449 g/mol. The maximum atomic E-state index is 15.4. The van der Waals surface area contributed by atoms with Crippen LogP contribution < -0.4 is 9.75 Å². The van der Waals surface area contributed by atoms with Crippen LogP contribution in [0.25, 0.3) is 6.08 Å². The fourth-order valence-corrected chi connectivity index (χ4v) is 4.99. The zero-order chi connectivity index (χ0) is 23.4. The number of ether oxygens (including phenoxy) is 1. The zero-order valence-corrected chi connectivity index (χ0v) is 19.7. The summed E-state index contributed by atoms with van der Waals surface area (Å²) in [5, 5.41) is 2.42. The molecule has 0 saturated carbocycles. The van der Waals surface area contributed by atoms with Crippen LogP contribution in [0.3, 0.4) is 0 Å². The van der Waals surface area contributed by atoms with Gasteiger partial charge in [-0.15, -0.1) is 0 Å². The minimum Gasteiger partial charge on any atom is -0.451 e. The summed E-state index contributed by atoms with van der Waals surface area (Å²) >= 11 is 0. The summed E-state index contributed by atoms with van der Waals surface area (Å²) in [4.78, 5) is 11.2. The second kappa shape index (κ2) is 9.82. The molecule has 174 valence electrons. The molecule has 0 bridgehead atoms. The maximum absolute atomic E-state index is 15.4. The molecule has 4 nitrogen and oxygen atoms in total. The molecule has 0 spiro atoms. The molecule has 2 aliphatic rings. The van der Waals surface area contributed by atoms with Gasteiger partial charge in [0.1, 0.15) is 12.0 Å². The van der Waals surface area contributed by atoms with Crippen molar-refractivity contribution < 1.29 is 13.9 Å². The van der Waals surface area contributed by atoms with Crippen molar-refractivity contribution in [3.05, 3.63) is 83.2 Å². The Balaban J connectivity index is 1.73. The van der Waals surface area contributed by atoms with Crippen LogP contribution in [0.2, 0.25) is 0 Å². The van der Waals surface area contributed by atoms with Crippen molar-refractivity contribution >= 4 is 12.4 Å². The minimum absolute atomic E-state index is 0.108. The van der Waals surface area contributed by atoms with E-state index in [2.05, 4.69) is 30.5 Å². The molecule has 0 atom stereocenters. The lowest BCUT2D eigenvalue weighted by Gasteiger charge is -2.34. The maximum Gasteiger partial charge on any atom is 0.287 e. The largest absolute Gasteiger partial charge is 0.451 e. The first-order valence-electron chi connectivity index (χ1n) is 11.9. The summed E-state index contributed by atoms with van der Waals surface area (Å²) in [7, 11) is 0. The fourth-order valence-electron chi connectivity index (χ4n) is 4.99. The number of aromatic nitrogens is 1. The van der Waals surface area contributed by atoms with Gasteiger partial charge in [-0.25, -0.2) is 0 Å². The minimum atomic E-state index is -1.99. The fraction of sp³-hybridized carbons (Fsp3) is 0.393. The molecule has 33 heavy (non-hydrogen) atoms. The summed E-state index contributed by atoms with van der Waals surface area (Å²) in [5.74, 6) is -1.34. The van der Waals surface area contributed by atoms with Gasteiger partial charge in [-0.1, -0.05) is 44.2 Å². The molecule has 1 aromatic carbocycles. The van der Waals surface area contributed by atoms with Crippen molar-refractivity contribution in [3.63, 3.8) is 0 Å². The molecule has 1 aromatic heterocycles. The third-order valence-electron chi connectivity index (χ3n) is 6.42. The lowest BCUT2D eigenvalue weighted by Crippen LogP contribution is -2.41. The standard InChI is InChI=1S/C28H33FN2O2/c1-21(2)27-25(13-10-20-32)26(22(3)31(27)30-18-8-5-9-19-30)23-14-16-28(29,17-15-23)33-24-11-6-4-7-12-24/h4,6-7,10-17,20-21,23H,5,8-9,18-19H2,1-3H3/b13-10+. The van der Waals surface area contributed by atoms with E-state index in [1.54, 1.807) is 18.2 Å². The number of aldehydes is 1. The molecule has 1 aliphatic carbocycles. The van der Waals surface area contributed by atoms with E-state index >= 15 is 4.39 Å². The molecule has 2 aromatic rings. The Labute approximate surface area is 196 Å². The Bertz CT molecular complexity index is 1050. The normalized spacial score (nSPS) is 22.9. The number of halogens is 1. The third kappa shape index (κ3) is 4.82. The van der Waals surface area contributed by atoms with E-state index in [1.165, 1.54) is 37.1 Å². The van der Waals surface area contributed by atoms with Gasteiger partial charge in [0.2, 0.25) is 0 Å². The van der Waals surface area contributed by atoms with Crippen molar-refractivity contribution in [2.45, 2.75) is 57.7 Å². The van der Waals surface area contributed by atoms with Gasteiger partial charge in [0, 0.05) is 36.0 Å². The highest BCUT2D eigenvalue weighted by Gasteiger charge is 2.32. The van der Waals surface area contributed by atoms with E-state index in [1.807, 2.05) is 36.4 Å². The molecule has 0 radical (unpaired) electrons. The van der Waals surface area contributed by atoms with Crippen LogP contribution in [0.5, 0.6) is 5.75 Å². The number of hydrogen-bond donors (Lipinski definition) is 0. The predicted molar refractivity (Wildman–Crippen MR) is 132 cm³/mol. The SMILES string of the molecule is Cc1c(C2C=CC(F)(Oc3ccccc3)C=C2)c(/C=C/C=O)c(C(C)C)n1N1CCCCC1. The van der Waals surface area contributed by atoms with Gasteiger partial charge >= 0.3 is 0 Å². The summed E-state index contributed by atoms with van der Waals surface area (Å²) < 4.78 is 23.3. The first-order chi connectivity index (χ1) is 15.9. The number of carbonyl (C=O) groups excluding carboxylic acids is 1. The Morgan fingerprint density at radius 3 is 2.36 bits per heavy atom. The van der Waals surface area contributed by atoms with Gasteiger partial charge in [-0.05, 0) is 74.1 Å². The number of nitrogens with zero attached hydrogens (tertiary/aromatic N) is 2. The molecule has 5 heteroatoms. The van der Waals surface area contributed by atoms with E-state index in [9.17, 15) is 4.79 Å². The molecular weight excluding hydrogens is 415 g/mol. The van der Waals surface area contributed by atoms with E-state index in [0.717, 1.165) is 36.2 Å². The highest BCUT2D eigenvalue weighted by Crippen LogP contribution is 2.39. The number of alkyl halides is 1. The number of hydrogen-bond acceptors (Lipinski definition) is 3. The van der Waals surface area contributed by atoms with Gasteiger partial charge in [-0.3, -0.25) is 9.47 Å². The van der Waals surface area contributed by atoms with E-state index in [0.29, 0.717) is 5.75 Å². The first-order valence-corrected chi connectivity index (χ1v) is 11.9. The molecule has 0 amide bonds. The second-order valence-corrected chi connectivity index (χ2v) is 9.13. The Hall–Kier alpha value is -3.08. The molecule has 1 saturated heterocycles. The van der Waals surface area contributed by atoms with Crippen LogP contribution in [0.4, 0.5) is 4.39 Å². The van der Waals surface area contributed by atoms with E-state index in [-0.39, 0.29) is 11.8 Å². The second-order valence-electron chi connectivity index (χ2n) is 9.13. The van der Waals surface area contributed by atoms with Crippen LogP contribution in [0, 0.1) is 6.92 Å². The Morgan fingerprint density at radius 1 is 1.09 bits per heavy atom. The average Bonchev–Trinajstić information content (AvgIpc) is 3.11. The highest BCUT2D eigenvalue weighted by atomic mass is 19.2. The van der Waals surface area contributed by atoms with Crippen LogP contribution in [-0.4, -0.2) is 29.9 Å². The number of para-hydroxylation sites is 1. The number of rotatable bonds is 7. The van der Waals surface area contributed by atoms with Gasteiger partial charge in [0.25, 0.3) is 5.85 Å². The van der Waals surface area contributed by atoms with E-state index in [4.69, 9.17) is 4.74 Å². The lowest BCUT2D eigenvalue weighted by atomic mass is 9.88. The molecule has 0 unspecified atom stereocenters. The number of piperidine rings is 1. The number of benzene rings is 1. The van der Waals surface area contributed by atoms with Gasteiger partial charge in [0.15, 0.2) is 0 Å². The molecule has 1 fully saturated rings. The van der Waals surface area contributed by atoms with Gasteiger partial charge < -0.3 is 9.75 Å². The smallest absolute Gasteiger partial charge is 0.287 e. The van der Waals surface area contributed by atoms with Crippen molar-refractivity contribution in [1.29, 1.82) is 0 Å². The van der Waals surface area contributed by atoms with Crippen molar-refractivity contribution in [3.8, 4) is 5.75 Å². The van der Waals surface area contributed by atoms with Crippen molar-refractivity contribution in [1.82, 2.24) is 4.68 Å². The monoisotopic (exact) mass is 448 g/mol.